The molecule has 6 nitrogen and oxygen atoms in total. The minimum absolute atomic E-state index is 0.556. The minimum Gasteiger partial charge on any atom is -0.497 e. The zero-order valence-corrected chi connectivity index (χ0v) is 12.0. The Morgan fingerprint density at radius 2 is 2.14 bits per heavy atom. The van der Waals surface area contributed by atoms with Crippen LogP contribution in [-0.4, -0.2) is 42.9 Å². The predicted octanol–water partition coefficient (Wildman–Crippen LogP) is 1.54. The number of hydrogen-bond acceptors (Lipinski definition) is 6. The molecule has 4 rings (SSSR count). The minimum atomic E-state index is 0.556. The normalized spacial score (nSPS) is 24.3. The van der Waals surface area contributed by atoms with Crippen LogP contribution < -0.4 is 15.0 Å². The van der Waals surface area contributed by atoms with E-state index in [1.165, 1.54) is 6.42 Å². The highest BCUT2D eigenvalue weighted by atomic mass is 16.5. The fourth-order valence-corrected chi connectivity index (χ4v) is 3.19. The number of rotatable bonds is 3. The van der Waals surface area contributed by atoms with Crippen LogP contribution in [0.4, 0.5) is 6.01 Å². The lowest BCUT2D eigenvalue weighted by molar-refractivity contribution is 0.385. The fourth-order valence-electron chi connectivity index (χ4n) is 3.19. The first-order valence-corrected chi connectivity index (χ1v) is 7.28. The highest BCUT2D eigenvalue weighted by Gasteiger charge is 2.34. The van der Waals surface area contributed by atoms with Gasteiger partial charge in [0.25, 0.3) is 0 Å². The van der Waals surface area contributed by atoms with Gasteiger partial charge in [-0.15, -0.1) is 0 Å². The lowest BCUT2D eigenvalue weighted by Gasteiger charge is -2.29. The summed E-state index contributed by atoms with van der Waals surface area (Å²) in [5.74, 6) is 2.14. The summed E-state index contributed by atoms with van der Waals surface area (Å²) in [7, 11) is 1.65. The maximum Gasteiger partial charge on any atom is 0.324 e. The van der Waals surface area contributed by atoms with Crippen LogP contribution in [-0.2, 0) is 0 Å². The molecule has 1 aromatic heterocycles. The van der Waals surface area contributed by atoms with Crippen molar-refractivity contribution in [3.05, 3.63) is 24.3 Å². The van der Waals surface area contributed by atoms with Crippen molar-refractivity contribution < 1.29 is 9.26 Å². The van der Waals surface area contributed by atoms with E-state index in [1.54, 1.807) is 7.11 Å². The summed E-state index contributed by atoms with van der Waals surface area (Å²) in [5.41, 5.74) is 0.934. The molecule has 110 valence electrons. The second-order valence-corrected chi connectivity index (χ2v) is 5.74. The van der Waals surface area contributed by atoms with Crippen molar-refractivity contribution in [3.63, 3.8) is 0 Å². The Balaban J connectivity index is 1.54. The van der Waals surface area contributed by atoms with Gasteiger partial charge >= 0.3 is 6.01 Å². The number of ether oxygens (including phenoxy) is 1. The number of nitrogens with zero attached hydrogens (tertiary/aromatic N) is 3. The Bertz CT molecular complexity index is 613. The van der Waals surface area contributed by atoms with E-state index in [9.17, 15) is 0 Å². The van der Waals surface area contributed by atoms with Gasteiger partial charge in [0, 0.05) is 31.2 Å². The molecule has 2 aliphatic heterocycles. The summed E-state index contributed by atoms with van der Waals surface area (Å²) in [5, 5.41) is 7.62. The molecule has 2 saturated heterocycles. The van der Waals surface area contributed by atoms with Crippen LogP contribution in [0.3, 0.4) is 0 Å². The fraction of sp³-hybridized carbons (Fsp3) is 0.467. The maximum atomic E-state index is 5.45. The number of piperidine rings is 1. The number of anilines is 1. The first-order valence-electron chi connectivity index (χ1n) is 7.28. The number of fused-ring (bicyclic) bond motifs is 2. The summed E-state index contributed by atoms with van der Waals surface area (Å²) in [6.07, 6.45) is 1.26. The zero-order chi connectivity index (χ0) is 14.2. The molecular weight excluding hydrogens is 268 g/mol. The molecule has 6 heteroatoms. The highest BCUT2D eigenvalue weighted by molar-refractivity contribution is 5.57. The van der Waals surface area contributed by atoms with Gasteiger partial charge in [0.15, 0.2) is 0 Å². The molecule has 0 saturated carbocycles. The molecule has 3 heterocycles. The van der Waals surface area contributed by atoms with Crippen molar-refractivity contribution in [3.8, 4) is 17.1 Å². The Morgan fingerprint density at radius 3 is 2.90 bits per heavy atom. The third-order valence-electron chi connectivity index (χ3n) is 4.27. The maximum absolute atomic E-state index is 5.45. The van der Waals surface area contributed by atoms with Gasteiger partial charge < -0.3 is 19.5 Å². The molecule has 2 unspecified atom stereocenters. The van der Waals surface area contributed by atoms with E-state index >= 15 is 0 Å². The smallest absolute Gasteiger partial charge is 0.324 e. The quantitative estimate of drug-likeness (QED) is 0.923. The lowest BCUT2D eigenvalue weighted by Crippen LogP contribution is -2.41. The van der Waals surface area contributed by atoms with Gasteiger partial charge in [-0.1, -0.05) is 5.16 Å². The Kier molecular flexibility index (Phi) is 3.03. The van der Waals surface area contributed by atoms with E-state index < -0.39 is 0 Å². The van der Waals surface area contributed by atoms with E-state index in [0.29, 0.717) is 23.8 Å². The van der Waals surface area contributed by atoms with E-state index in [2.05, 4.69) is 20.4 Å². The third-order valence-corrected chi connectivity index (χ3v) is 4.27. The van der Waals surface area contributed by atoms with E-state index in [1.807, 2.05) is 24.3 Å². The number of aromatic nitrogens is 2. The van der Waals surface area contributed by atoms with Gasteiger partial charge in [-0.25, -0.2) is 0 Å². The van der Waals surface area contributed by atoms with Gasteiger partial charge in [-0.3, -0.25) is 0 Å². The molecule has 0 aliphatic carbocycles. The number of benzene rings is 1. The van der Waals surface area contributed by atoms with Gasteiger partial charge in [0.05, 0.1) is 7.11 Å². The zero-order valence-electron chi connectivity index (χ0n) is 12.0. The summed E-state index contributed by atoms with van der Waals surface area (Å²) in [4.78, 5) is 6.73. The van der Waals surface area contributed by atoms with Gasteiger partial charge in [-0.05, 0) is 36.6 Å². The van der Waals surface area contributed by atoms with Crippen molar-refractivity contribution >= 4 is 6.01 Å². The van der Waals surface area contributed by atoms with Crippen LogP contribution in [0.1, 0.15) is 6.42 Å². The molecule has 2 fully saturated rings. The topological polar surface area (TPSA) is 63.4 Å². The summed E-state index contributed by atoms with van der Waals surface area (Å²) < 4.78 is 10.6. The second kappa shape index (κ2) is 5.04. The third kappa shape index (κ3) is 2.35. The van der Waals surface area contributed by atoms with Crippen molar-refractivity contribution in [1.82, 2.24) is 15.5 Å². The van der Waals surface area contributed by atoms with E-state index in [4.69, 9.17) is 9.26 Å². The van der Waals surface area contributed by atoms with Crippen molar-refractivity contribution in [1.29, 1.82) is 0 Å². The molecule has 1 aromatic carbocycles. The lowest BCUT2D eigenvalue weighted by atomic mass is 10.0. The Labute approximate surface area is 123 Å². The molecule has 2 bridgehead atoms. The van der Waals surface area contributed by atoms with Gasteiger partial charge in [0.1, 0.15) is 5.75 Å². The van der Waals surface area contributed by atoms with Crippen LogP contribution in [0.2, 0.25) is 0 Å². The van der Waals surface area contributed by atoms with Crippen LogP contribution in [0.5, 0.6) is 5.75 Å². The molecule has 2 aromatic rings. The first kappa shape index (κ1) is 12.6. The largest absolute Gasteiger partial charge is 0.497 e. The van der Waals surface area contributed by atoms with Crippen LogP contribution in [0, 0.1) is 5.92 Å². The van der Waals surface area contributed by atoms with Crippen molar-refractivity contribution in [2.24, 2.45) is 5.92 Å². The average Bonchev–Trinajstić information content (AvgIpc) is 3.14. The summed E-state index contributed by atoms with van der Waals surface area (Å²) in [6, 6.07) is 8.86. The monoisotopic (exact) mass is 286 g/mol. The standard InChI is InChI=1S/C15H18N4O2/c1-20-13-4-2-11(3-5-13)14-17-15(21-18-14)19-8-10-6-12(9-19)16-7-10/h2-5,10,12,16H,6-9H2,1H3. The molecule has 21 heavy (non-hydrogen) atoms. The number of methoxy groups -OCH3 is 1. The van der Waals surface area contributed by atoms with Gasteiger partial charge in [-0.2, -0.15) is 4.98 Å². The number of hydrogen-bond donors (Lipinski definition) is 1. The molecule has 0 amide bonds. The predicted molar refractivity (Wildman–Crippen MR) is 78.4 cm³/mol. The average molecular weight is 286 g/mol. The Hall–Kier alpha value is -2.08. The SMILES string of the molecule is COc1ccc(-c2noc(N3CC4CNC(C4)C3)n2)cc1. The summed E-state index contributed by atoms with van der Waals surface area (Å²) in [6.45, 7) is 3.04. The van der Waals surface area contributed by atoms with Gasteiger partial charge in [0.2, 0.25) is 5.82 Å². The van der Waals surface area contributed by atoms with Crippen molar-refractivity contribution in [2.45, 2.75) is 12.5 Å². The number of nitrogens with one attached hydrogen (secondary N) is 1. The molecule has 2 aliphatic rings. The van der Waals surface area contributed by atoms with Crippen LogP contribution in [0.25, 0.3) is 11.4 Å². The molecule has 0 radical (unpaired) electrons. The molecule has 2 atom stereocenters. The highest BCUT2D eigenvalue weighted by Crippen LogP contribution is 2.27. The van der Waals surface area contributed by atoms with Crippen LogP contribution in [0.15, 0.2) is 28.8 Å². The Morgan fingerprint density at radius 1 is 1.29 bits per heavy atom. The second-order valence-electron chi connectivity index (χ2n) is 5.74. The van der Waals surface area contributed by atoms with E-state index in [-0.39, 0.29) is 0 Å². The van der Waals surface area contributed by atoms with E-state index in [0.717, 1.165) is 30.9 Å². The van der Waals surface area contributed by atoms with Crippen LogP contribution >= 0.6 is 0 Å². The molecule has 1 N–H and O–H groups in total. The van der Waals surface area contributed by atoms with Crippen molar-refractivity contribution in [2.75, 3.05) is 31.6 Å². The first-order chi connectivity index (χ1) is 10.3. The summed E-state index contributed by atoms with van der Waals surface area (Å²) >= 11 is 0. The molecule has 0 spiro atoms. The molecular formula is C15H18N4O2.